The molecule has 0 aromatic heterocycles. The average molecular weight is 171 g/mol. The van der Waals surface area contributed by atoms with E-state index in [1.165, 1.54) is 0 Å². The number of hydrogen-bond acceptors (Lipinski definition) is 3. The van der Waals surface area contributed by atoms with Crippen molar-refractivity contribution in [1.29, 1.82) is 0 Å². The number of rotatable bonds is 3. The van der Waals surface area contributed by atoms with Crippen LogP contribution in [0.15, 0.2) is 0 Å². The average Bonchev–Trinajstić information content (AvgIpc) is 2.05. The number of aldehydes is 1. The summed E-state index contributed by atoms with van der Waals surface area (Å²) < 4.78 is 0. The van der Waals surface area contributed by atoms with Gasteiger partial charge in [0.1, 0.15) is 12.3 Å². The third kappa shape index (κ3) is 2.04. The zero-order valence-corrected chi connectivity index (χ0v) is 6.90. The Morgan fingerprint density at radius 2 is 2.33 bits per heavy atom. The van der Waals surface area contributed by atoms with Gasteiger partial charge in [-0.2, -0.15) is 0 Å². The minimum Gasteiger partial charge on any atom is -0.480 e. The summed E-state index contributed by atoms with van der Waals surface area (Å²) in [6.45, 7) is 0.979. The highest BCUT2D eigenvalue weighted by Gasteiger charge is 2.27. The molecule has 4 heteroatoms. The zero-order chi connectivity index (χ0) is 8.97. The van der Waals surface area contributed by atoms with Gasteiger partial charge in [-0.15, -0.1) is 0 Å². The maximum absolute atomic E-state index is 10.7. The molecule has 1 atom stereocenters. The highest BCUT2D eigenvalue weighted by Crippen LogP contribution is 2.15. The van der Waals surface area contributed by atoms with Crippen LogP contribution in [0.2, 0.25) is 0 Å². The van der Waals surface area contributed by atoms with E-state index in [-0.39, 0.29) is 6.54 Å². The van der Waals surface area contributed by atoms with Gasteiger partial charge in [0.2, 0.25) is 0 Å². The molecule has 0 radical (unpaired) electrons. The van der Waals surface area contributed by atoms with Crippen molar-refractivity contribution in [3.8, 4) is 0 Å². The van der Waals surface area contributed by atoms with E-state index >= 15 is 0 Å². The first kappa shape index (κ1) is 9.19. The van der Waals surface area contributed by atoms with Gasteiger partial charge in [-0.25, -0.2) is 0 Å². The summed E-state index contributed by atoms with van der Waals surface area (Å²) in [5.41, 5.74) is 0. The lowest BCUT2D eigenvalue weighted by Crippen LogP contribution is -2.45. The van der Waals surface area contributed by atoms with Crippen LogP contribution in [0.3, 0.4) is 0 Å². The summed E-state index contributed by atoms with van der Waals surface area (Å²) in [7, 11) is 0. The van der Waals surface area contributed by atoms with E-state index in [4.69, 9.17) is 5.11 Å². The first-order valence-corrected chi connectivity index (χ1v) is 4.16. The van der Waals surface area contributed by atoms with Crippen LogP contribution in [0.25, 0.3) is 0 Å². The number of likely N-dealkylation sites (tertiary alicyclic amines) is 1. The number of carboxylic acids is 1. The number of piperidine rings is 1. The van der Waals surface area contributed by atoms with Gasteiger partial charge in [0.25, 0.3) is 0 Å². The summed E-state index contributed by atoms with van der Waals surface area (Å²) in [5, 5.41) is 8.78. The molecular weight excluding hydrogens is 158 g/mol. The number of nitrogens with zero attached hydrogens (tertiary/aromatic N) is 1. The minimum absolute atomic E-state index is 0.247. The van der Waals surface area contributed by atoms with Crippen LogP contribution in [-0.2, 0) is 9.59 Å². The lowest BCUT2D eigenvalue weighted by atomic mass is 10.0. The standard InChI is InChI=1S/C8H13NO3/c10-6-5-9-4-2-1-3-7(9)8(11)12/h6-7H,1-5H2,(H,11,12)/t7-/m0/s1. The van der Waals surface area contributed by atoms with Gasteiger partial charge < -0.3 is 9.90 Å². The second-order valence-corrected chi connectivity index (χ2v) is 3.01. The Hall–Kier alpha value is -0.900. The fraction of sp³-hybridized carbons (Fsp3) is 0.750. The third-order valence-electron chi connectivity index (χ3n) is 2.21. The molecule has 0 unspecified atom stereocenters. The topological polar surface area (TPSA) is 57.6 Å². The second-order valence-electron chi connectivity index (χ2n) is 3.01. The van der Waals surface area contributed by atoms with Crippen LogP contribution in [0, 0.1) is 0 Å². The number of aliphatic carboxylic acids is 1. The molecular formula is C8H13NO3. The first-order valence-electron chi connectivity index (χ1n) is 4.16. The van der Waals surface area contributed by atoms with Gasteiger partial charge in [-0.1, -0.05) is 6.42 Å². The molecule has 0 aromatic carbocycles. The lowest BCUT2D eigenvalue weighted by Gasteiger charge is -2.30. The van der Waals surface area contributed by atoms with Crippen LogP contribution >= 0.6 is 0 Å². The SMILES string of the molecule is O=CCN1CCCC[C@H]1C(=O)O. The molecule has 0 aliphatic carbocycles. The van der Waals surface area contributed by atoms with Crippen LogP contribution in [0.4, 0.5) is 0 Å². The quantitative estimate of drug-likeness (QED) is 0.613. The molecule has 1 N–H and O–H groups in total. The third-order valence-corrected chi connectivity index (χ3v) is 2.21. The largest absolute Gasteiger partial charge is 0.480 e. The van der Waals surface area contributed by atoms with Crippen molar-refractivity contribution in [2.75, 3.05) is 13.1 Å². The molecule has 12 heavy (non-hydrogen) atoms. The number of hydrogen-bond donors (Lipinski definition) is 1. The van der Waals surface area contributed by atoms with E-state index < -0.39 is 12.0 Å². The molecule has 1 heterocycles. The summed E-state index contributed by atoms with van der Waals surface area (Å²) >= 11 is 0. The monoisotopic (exact) mass is 171 g/mol. The Labute approximate surface area is 71.2 Å². The van der Waals surface area contributed by atoms with Crippen molar-refractivity contribution >= 4 is 12.3 Å². The summed E-state index contributed by atoms with van der Waals surface area (Å²) in [5.74, 6) is -0.809. The predicted octanol–water partition coefficient (Wildman–Crippen LogP) is 0.124. The molecule has 0 aromatic rings. The smallest absolute Gasteiger partial charge is 0.320 e. The molecule has 0 spiro atoms. The van der Waals surface area contributed by atoms with Crippen LogP contribution < -0.4 is 0 Å². The number of carboxylic acid groups (broad SMARTS) is 1. The molecule has 1 aliphatic rings. The summed E-state index contributed by atoms with van der Waals surface area (Å²) in [4.78, 5) is 22.6. The van der Waals surface area contributed by atoms with E-state index in [0.29, 0.717) is 6.42 Å². The molecule has 68 valence electrons. The van der Waals surface area contributed by atoms with Crippen LogP contribution in [0.5, 0.6) is 0 Å². The Morgan fingerprint density at radius 3 is 2.92 bits per heavy atom. The molecule has 1 aliphatic heterocycles. The highest BCUT2D eigenvalue weighted by atomic mass is 16.4. The van der Waals surface area contributed by atoms with Crippen molar-refractivity contribution < 1.29 is 14.7 Å². The molecule has 1 fully saturated rings. The normalized spacial score (nSPS) is 25.2. The Kier molecular flexibility index (Phi) is 3.22. The van der Waals surface area contributed by atoms with Crippen molar-refractivity contribution in [2.45, 2.75) is 25.3 Å². The lowest BCUT2D eigenvalue weighted by molar-refractivity contribution is -0.144. The second kappa shape index (κ2) is 4.21. The summed E-state index contributed by atoms with van der Waals surface area (Å²) in [6, 6.07) is -0.441. The molecule has 1 saturated heterocycles. The van der Waals surface area contributed by atoms with Gasteiger partial charge >= 0.3 is 5.97 Å². The fourth-order valence-corrected chi connectivity index (χ4v) is 1.58. The van der Waals surface area contributed by atoms with Crippen molar-refractivity contribution in [1.82, 2.24) is 4.90 Å². The minimum atomic E-state index is -0.809. The maximum Gasteiger partial charge on any atom is 0.320 e. The van der Waals surface area contributed by atoms with Crippen molar-refractivity contribution in [3.05, 3.63) is 0 Å². The highest BCUT2D eigenvalue weighted by molar-refractivity contribution is 5.74. The van der Waals surface area contributed by atoms with Gasteiger partial charge in [0.05, 0.1) is 6.54 Å². The maximum atomic E-state index is 10.7. The van der Waals surface area contributed by atoms with E-state index in [1.54, 1.807) is 4.90 Å². The molecule has 1 rings (SSSR count). The molecule has 0 saturated carbocycles. The molecule has 4 nitrogen and oxygen atoms in total. The van der Waals surface area contributed by atoms with Crippen LogP contribution in [0.1, 0.15) is 19.3 Å². The van der Waals surface area contributed by atoms with E-state index in [2.05, 4.69) is 0 Å². The van der Waals surface area contributed by atoms with Gasteiger partial charge in [0, 0.05) is 0 Å². The Morgan fingerprint density at radius 1 is 1.58 bits per heavy atom. The van der Waals surface area contributed by atoms with Gasteiger partial charge in [-0.05, 0) is 19.4 Å². The zero-order valence-electron chi connectivity index (χ0n) is 6.90. The van der Waals surface area contributed by atoms with E-state index in [0.717, 1.165) is 25.7 Å². The van der Waals surface area contributed by atoms with Crippen molar-refractivity contribution in [2.24, 2.45) is 0 Å². The van der Waals surface area contributed by atoms with E-state index in [1.807, 2.05) is 0 Å². The first-order chi connectivity index (χ1) is 5.75. The van der Waals surface area contributed by atoms with Gasteiger partial charge in [0.15, 0.2) is 0 Å². The van der Waals surface area contributed by atoms with Crippen molar-refractivity contribution in [3.63, 3.8) is 0 Å². The number of carbonyl (C=O) groups is 2. The molecule has 0 amide bonds. The fourth-order valence-electron chi connectivity index (χ4n) is 1.58. The predicted molar refractivity (Wildman–Crippen MR) is 42.9 cm³/mol. The van der Waals surface area contributed by atoms with Crippen LogP contribution in [-0.4, -0.2) is 41.4 Å². The number of carbonyl (C=O) groups excluding carboxylic acids is 1. The Bertz CT molecular complexity index is 181. The Balaban J connectivity index is 2.53. The molecule has 0 bridgehead atoms. The summed E-state index contributed by atoms with van der Waals surface area (Å²) in [6.07, 6.45) is 3.38. The van der Waals surface area contributed by atoms with E-state index in [9.17, 15) is 9.59 Å². The van der Waals surface area contributed by atoms with Gasteiger partial charge in [-0.3, -0.25) is 9.69 Å².